The first kappa shape index (κ1) is 16.2. The summed E-state index contributed by atoms with van der Waals surface area (Å²) in [7, 11) is 0. The molecule has 112 valence electrons. The number of likely N-dealkylation sites (N-methyl/N-ethyl adjacent to an activating group) is 1. The molecule has 5 heteroatoms. The summed E-state index contributed by atoms with van der Waals surface area (Å²) in [5.74, 6) is 0.757. The van der Waals surface area contributed by atoms with E-state index in [2.05, 4.69) is 22.5 Å². The van der Waals surface area contributed by atoms with Gasteiger partial charge in [0, 0.05) is 28.4 Å². The topological polar surface area (TPSA) is 12.5 Å². The lowest BCUT2D eigenvalue weighted by Gasteiger charge is -2.30. The Labute approximate surface area is 137 Å². The summed E-state index contributed by atoms with van der Waals surface area (Å²) in [4.78, 5) is 1.98. The maximum atomic E-state index is 14.4. The molecule has 1 aliphatic heterocycles. The molecule has 2 rings (SSSR count). The van der Waals surface area contributed by atoms with Crippen LogP contribution in [0.2, 0.25) is 0 Å². The van der Waals surface area contributed by atoms with Crippen LogP contribution in [-0.2, 0) is 0 Å². The van der Waals surface area contributed by atoms with Gasteiger partial charge in [0.25, 0.3) is 0 Å². The van der Waals surface area contributed by atoms with Gasteiger partial charge in [0.05, 0.1) is 5.70 Å². The molecule has 0 unspecified atom stereocenters. The predicted octanol–water partition coefficient (Wildman–Crippen LogP) is 4.99. The Hall–Kier alpha value is -1.20. The van der Waals surface area contributed by atoms with E-state index in [1.54, 1.807) is 23.9 Å². The first-order valence-corrected chi connectivity index (χ1v) is 8.73. The van der Waals surface area contributed by atoms with Crippen molar-refractivity contribution in [2.75, 3.05) is 18.7 Å². The van der Waals surface area contributed by atoms with Crippen molar-refractivity contribution < 1.29 is 9.13 Å². The van der Waals surface area contributed by atoms with Crippen LogP contribution in [0.5, 0.6) is 5.75 Å². The van der Waals surface area contributed by atoms with Crippen molar-refractivity contribution in [3.05, 3.63) is 58.5 Å². The first-order valence-electron chi connectivity index (χ1n) is 6.54. The normalized spacial score (nSPS) is 14.9. The van der Waals surface area contributed by atoms with Crippen LogP contribution >= 0.6 is 27.7 Å². The highest BCUT2D eigenvalue weighted by Gasteiger charge is 2.20. The number of rotatable bonds is 5. The Balaban J connectivity index is 2.35. The molecular formula is C16H17BrFNOS. The molecule has 0 spiro atoms. The van der Waals surface area contributed by atoms with Gasteiger partial charge >= 0.3 is 0 Å². The van der Waals surface area contributed by atoms with E-state index in [4.69, 9.17) is 4.74 Å². The van der Waals surface area contributed by atoms with Gasteiger partial charge in [-0.05, 0) is 53.4 Å². The summed E-state index contributed by atoms with van der Waals surface area (Å²) in [5.41, 5.74) is 2.18. The van der Waals surface area contributed by atoms with Crippen molar-refractivity contribution >= 4 is 33.4 Å². The van der Waals surface area contributed by atoms with Gasteiger partial charge in [0.15, 0.2) is 0 Å². The summed E-state index contributed by atoms with van der Waals surface area (Å²) in [6, 6.07) is 4.97. The molecule has 1 heterocycles. The van der Waals surface area contributed by atoms with E-state index in [1.807, 2.05) is 30.2 Å². The second-order valence-corrected chi connectivity index (χ2v) is 6.12. The van der Waals surface area contributed by atoms with Gasteiger partial charge in [-0.15, -0.1) is 11.8 Å². The zero-order valence-electron chi connectivity index (χ0n) is 12.0. The number of benzene rings is 1. The molecule has 0 aromatic heterocycles. The highest BCUT2D eigenvalue weighted by molar-refractivity contribution is 9.12. The third-order valence-electron chi connectivity index (χ3n) is 3.16. The second-order valence-electron chi connectivity index (χ2n) is 4.45. The summed E-state index contributed by atoms with van der Waals surface area (Å²) in [5, 5.41) is 0. The number of thioether (sulfide) groups is 1. The molecule has 0 atom stereocenters. The second kappa shape index (κ2) is 7.18. The quantitative estimate of drug-likeness (QED) is 0.678. The van der Waals surface area contributed by atoms with E-state index in [0.717, 1.165) is 22.4 Å². The van der Waals surface area contributed by atoms with Crippen LogP contribution < -0.4 is 4.74 Å². The van der Waals surface area contributed by atoms with Gasteiger partial charge in [0.1, 0.15) is 17.5 Å². The Morgan fingerprint density at radius 3 is 2.76 bits per heavy atom. The number of hydrogen-bond donors (Lipinski definition) is 0. The molecule has 2 nitrogen and oxygen atoms in total. The number of ether oxygens (including phenoxy) is 1. The lowest BCUT2D eigenvalue weighted by atomic mass is 10.1. The van der Waals surface area contributed by atoms with Crippen molar-refractivity contribution in [3.8, 4) is 5.75 Å². The standard InChI is InChI=1S/C16H17BrFNOS/c1-4-19-11(2)14(17)7-8-16(19)13-6-5-12(9-15(13)18)20-10-21-3/h5-9H,2,4,10H2,1,3H3. The van der Waals surface area contributed by atoms with Crippen LogP contribution in [0.4, 0.5) is 4.39 Å². The molecule has 0 amide bonds. The van der Waals surface area contributed by atoms with Crippen molar-refractivity contribution in [2.24, 2.45) is 0 Å². The summed E-state index contributed by atoms with van der Waals surface area (Å²) < 4.78 is 20.7. The van der Waals surface area contributed by atoms with Crippen LogP contribution in [-0.4, -0.2) is 23.6 Å². The molecule has 1 aromatic carbocycles. The average Bonchev–Trinajstić information content (AvgIpc) is 2.48. The molecular weight excluding hydrogens is 353 g/mol. The number of hydrogen-bond acceptors (Lipinski definition) is 3. The van der Waals surface area contributed by atoms with Gasteiger partial charge in [-0.25, -0.2) is 4.39 Å². The Morgan fingerprint density at radius 2 is 2.14 bits per heavy atom. The van der Waals surface area contributed by atoms with Gasteiger partial charge in [-0.1, -0.05) is 6.58 Å². The maximum Gasteiger partial charge on any atom is 0.136 e. The molecule has 0 radical (unpaired) electrons. The third-order valence-corrected chi connectivity index (χ3v) is 4.23. The van der Waals surface area contributed by atoms with E-state index in [0.29, 0.717) is 17.3 Å². The molecule has 0 saturated heterocycles. The highest BCUT2D eigenvalue weighted by Crippen LogP contribution is 2.34. The lowest BCUT2D eigenvalue weighted by molar-refractivity contribution is 0.390. The molecule has 0 aliphatic carbocycles. The number of nitrogens with zero attached hydrogens (tertiary/aromatic N) is 1. The predicted molar refractivity (Wildman–Crippen MR) is 91.9 cm³/mol. The fourth-order valence-electron chi connectivity index (χ4n) is 2.13. The van der Waals surface area contributed by atoms with Crippen molar-refractivity contribution in [1.82, 2.24) is 4.90 Å². The minimum Gasteiger partial charge on any atom is -0.483 e. The minimum absolute atomic E-state index is 0.294. The summed E-state index contributed by atoms with van der Waals surface area (Å²) in [6.45, 7) is 6.76. The van der Waals surface area contributed by atoms with Crippen LogP contribution in [0.25, 0.3) is 5.70 Å². The monoisotopic (exact) mass is 369 g/mol. The van der Waals surface area contributed by atoms with Gasteiger partial charge in [-0.3, -0.25) is 0 Å². The average molecular weight is 370 g/mol. The zero-order valence-corrected chi connectivity index (χ0v) is 14.4. The van der Waals surface area contributed by atoms with Crippen molar-refractivity contribution in [3.63, 3.8) is 0 Å². The number of halogens is 2. The van der Waals surface area contributed by atoms with Gasteiger partial charge in [0.2, 0.25) is 0 Å². The molecule has 0 saturated carbocycles. The van der Waals surface area contributed by atoms with Crippen LogP contribution in [0.3, 0.4) is 0 Å². The highest BCUT2D eigenvalue weighted by atomic mass is 79.9. The van der Waals surface area contributed by atoms with E-state index in [9.17, 15) is 4.39 Å². The molecule has 1 aliphatic rings. The van der Waals surface area contributed by atoms with Crippen molar-refractivity contribution in [1.29, 1.82) is 0 Å². The lowest BCUT2D eigenvalue weighted by Crippen LogP contribution is -2.23. The summed E-state index contributed by atoms with van der Waals surface area (Å²) in [6.07, 6.45) is 5.72. The Kier molecular flexibility index (Phi) is 5.53. The van der Waals surface area contributed by atoms with E-state index in [1.165, 1.54) is 6.07 Å². The molecule has 1 aromatic rings. The molecule has 0 bridgehead atoms. The van der Waals surface area contributed by atoms with Crippen LogP contribution in [0.1, 0.15) is 12.5 Å². The first-order chi connectivity index (χ1) is 10.1. The van der Waals surface area contributed by atoms with E-state index in [-0.39, 0.29) is 5.82 Å². The van der Waals surface area contributed by atoms with Gasteiger partial charge < -0.3 is 9.64 Å². The Bertz CT molecular complexity index is 612. The molecule has 21 heavy (non-hydrogen) atoms. The maximum absolute atomic E-state index is 14.4. The zero-order chi connectivity index (χ0) is 15.4. The smallest absolute Gasteiger partial charge is 0.136 e. The van der Waals surface area contributed by atoms with E-state index < -0.39 is 0 Å². The minimum atomic E-state index is -0.294. The molecule has 0 fully saturated rings. The third kappa shape index (κ3) is 3.52. The largest absolute Gasteiger partial charge is 0.483 e. The van der Waals surface area contributed by atoms with Crippen LogP contribution in [0.15, 0.2) is 47.1 Å². The van der Waals surface area contributed by atoms with Gasteiger partial charge in [-0.2, -0.15) is 0 Å². The fraction of sp³-hybridized carbons (Fsp3) is 0.250. The summed E-state index contributed by atoms with van der Waals surface area (Å²) >= 11 is 5.00. The number of allylic oxidation sites excluding steroid dienone is 3. The van der Waals surface area contributed by atoms with E-state index >= 15 is 0 Å². The fourth-order valence-corrected chi connectivity index (χ4v) is 2.73. The van der Waals surface area contributed by atoms with Crippen molar-refractivity contribution in [2.45, 2.75) is 6.92 Å². The SMILES string of the molecule is C=C1C(Br)=CC=C(c2ccc(OCSC)cc2F)N1CC. The van der Waals surface area contributed by atoms with Crippen LogP contribution in [0, 0.1) is 5.82 Å². The molecule has 0 N–H and O–H groups in total. The Morgan fingerprint density at radius 1 is 1.38 bits per heavy atom.